The monoisotopic (exact) mass is 580 g/mol. The third kappa shape index (κ3) is 7.14. The largest absolute Gasteiger partial charge is 0.385 e. The second-order valence-electron chi connectivity index (χ2n) is 11.0. The lowest BCUT2D eigenvalue weighted by molar-refractivity contribution is -0.151. The van der Waals surface area contributed by atoms with Crippen molar-refractivity contribution in [2.45, 2.75) is 58.8 Å². The van der Waals surface area contributed by atoms with Crippen LogP contribution in [0.4, 0.5) is 8.78 Å². The van der Waals surface area contributed by atoms with Crippen LogP contribution in [0, 0.1) is 24.5 Å². The predicted molar refractivity (Wildman–Crippen MR) is 154 cm³/mol. The number of hydrogen-bond donors (Lipinski definition) is 1. The zero-order valence-corrected chi connectivity index (χ0v) is 24.7. The fraction of sp³-hybridized carbons (Fsp3) is 0.452. The van der Waals surface area contributed by atoms with Crippen molar-refractivity contribution in [1.29, 1.82) is 0 Å². The Bertz CT molecular complexity index is 1370. The summed E-state index contributed by atoms with van der Waals surface area (Å²) in [6, 6.07) is 7.40. The van der Waals surface area contributed by atoms with E-state index in [2.05, 4.69) is 20.3 Å². The summed E-state index contributed by atoms with van der Waals surface area (Å²) in [7, 11) is 1.59. The van der Waals surface area contributed by atoms with E-state index in [1.165, 1.54) is 0 Å². The molecule has 0 bridgehead atoms. The van der Waals surface area contributed by atoms with E-state index in [9.17, 15) is 14.0 Å². The van der Waals surface area contributed by atoms with Crippen LogP contribution in [-0.4, -0.2) is 75.5 Å². The highest BCUT2D eigenvalue weighted by molar-refractivity contribution is 5.89. The number of hydrogen-bond acceptors (Lipinski definition) is 7. The maximum Gasteiger partial charge on any atom is 0.244 e. The number of aryl methyl sites for hydroxylation is 1. The zero-order valence-electron chi connectivity index (χ0n) is 24.7. The fourth-order valence-corrected chi connectivity index (χ4v) is 5.31. The Morgan fingerprint density at radius 2 is 1.76 bits per heavy atom. The molecular weight excluding hydrogens is 542 g/mol. The molecule has 1 fully saturated rings. The standard InChI is InChI=1S/C31H38F2N6O3/c1-19(2)31(41)39-21(4)17-38(25(11-13-42-5)28-27(33)20(3)10-12-34-28)18-26(39)30(40)37-14-22-6-8-23(9-7-22)29-35-15-24(32)16-36-29/h6-10,12,15-16,19,21,25-26H,11,13-14,17-18H2,1-5H3,(H,37,40)/t21-,25-,26-/m1/s1. The number of methoxy groups -OCH3 is 1. The van der Waals surface area contributed by atoms with Gasteiger partial charge in [0.1, 0.15) is 11.9 Å². The normalized spacial score (nSPS) is 18.2. The number of piperazine rings is 1. The summed E-state index contributed by atoms with van der Waals surface area (Å²) in [5.41, 5.74) is 2.36. The van der Waals surface area contributed by atoms with Gasteiger partial charge in [-0.2, -0.15) is 0 Å². The summed E-state index contributed by atoms with van der Waals surface area (Å²) in [4.78, 5) is 43.1. The molecule has 42 heavy (non-hydrogen) atoms. The molecule has 0 saturated carbocycles. The number of rotatable bonds is 10. The number of amides is 2. The molecule has 0 spiro atoms. The molecule has 0 radical (unpaired) electrons. The minimum absolute atomic E-state index is 0.112. The Morgan fingerprint density at radius 1 is 1.07 bits per heavy atom. The first-order valence-corrected chi connectivity index (χ1v) is 14.1. The Morgan fingerprint density at radius 3 is 2.40 bits per heavy atom. The highest BCUT2D eigenvalue weighted by atomic mass is 19.1. The van der Waals surface area contributed by atoms with Gasteiger partial charge in [-0.3, -0.25) is 19.5 Å². The molecule has 1 aromatic carbocycles. The van der Waals surface area contributed by atoms with E-state index >= 15 is 4.39 Å². The SMILES string of the molecule is COCC[C@H](c1nccc(C)c1F)N1C[C@@H](C)N(C(=O)C(C)C)[C@@H](C(=O)NCc2ccc(-c3ncc(F)cn3)cc2)C1. The summed E-state index contributed by atoms with van der Waals surface area (Å²) in [5, 5.41) is 2.99. The van der Waals surface area contributed by atoms with Gasteiger partial charge in [0.05, 0.1) is 24.1 Å². The van der Waals surface area contributed by atoms with E-state index in [0.29, 0.717) is 36.7 Å². The van der Waals surface area contributed by atoms with Crippen molar-refractivity contribution < 1.29 is 23.1 Å². The molecule has 2 aromatic heterocycles. The zero-order chi connectivity index (χ0) is 30.4. The predicted octanol–water partition coefficient (Wildman–Crippen LogP) is 4.08. The van der Waals surface area contributed by atoms with Gasteiger partial charge >= 0.3 is 0 Å². The summed E-state index contributed by atoms with van der Waals surface area (Å²) < 4.78 is 33.8. The van der Waals surface area contributed by atoms with Crippen LogP contribution in [0.1, 0.15) is 50.1 Å². The molecule has 2 amide bonds. The van der Waals surface area contributed by atoms with Crippen LogP contribution < -0.4 is 5.32 Å². The van der Waals surface area contributed by atoms with E-state index in [1.54, 1.807) is 43.3 Å². The average molecular weight is 581 g/mol. The van der Waals surface area contributed by atoms with Crippen molar-refractivity contribution in [3.63, 3.8) is 0 Å². The number of halogens is 2. The molecule has 224 valence electrons. The molecule has 1 aliphatic rings. The first kappa shape index (κ1) is 31.1. The van der Waals surface area contributed by atoms with Crippen LogP contribution >= 0.6 is 0 Å². The molecule has 3 heterocycles. The Hall–Kier alpha value is -3.83. The molecule has 3 atom stereocenters. The smallest absolute Gasteiger partial charge is 0.244 e. The van der Waals surface area contributed by atoms with Gasteiger partial charge in [0, 0.05) is 57.1 Å². The van der Waals surface area contributed by atoms with Crippen LogP contribution in [0.3, 0.4) is 0 Å². The van der Waals surface area contributed by atoms with E-state index in [4.69, 9.17) is 4.74 Å². The molecule has 1 aliphatic heterocycles. The lowest BCUT2D eigenvalue weighted by atomic mass is 9.97. The van der Waals surface area contributed by atoms with Gasteiger partial charge in [-0.15, -0.1) is 0 Å². The third-order valence-electron chi connectivity index (χ3n) is 7.53. The summed E-state index contributed by atoms with van der Waals surface area (Å²) in [6.07, 6.45) is 4.29. The number of carbonyl (C=O) groups excluding carboxylic acids is 2. The Labute approximate surface area is 245 Å². The van der Waals surface area contributed by atoms with E-state index in [0.717, 1.165) is 23.5 Å². The van der Waals surface area contributed by atoms with Crippen LogP contribution in [0.15, 0.2) is 48.9 Å². The van der Waals surface area contributed by atoms with Crippen molar-refractivity contribution in [2.75, 3.05) is 26.8 Å². The number of carbonyl (C=O) groups is 2. The first-order chi connectivity index (χ1) is 20.1. The van der Waals surface area contributed by atoms with Crippen molar-refractivity contribution in [2.24, 2.45) is 5.92 Å². The Kier molecular flexibility index (Phi) is 10.3. The van der Waals surface area contributed by atoms with Crippen molar-refractivity contribution in [1.82, 2.24) is 30.1 Å². The Balaban J connectivity index is 1.55. The molecule has 11 heteroatoms. The third-order valence-corrected chi connectivity index (χ3v) is 7.53. The minimum atomic E-state index is -0.784. The maximum absolute atomic E-state index is 15.3. The molecule has 0 aliphatic carbocycles. The topological polar surface area (TPSA) is 101 Å². The minimum Gasteiger partial charge on any atom is -0.385 e. The van der Waals surface area contributed by atoms with Gasteiger partial charge in [-0.25, -0.2) is 18.7 Å². The lowest BCUT2D eigenvalue weighted by Gasteiger charge is -2.47. The maximum atomic E-state index is 15.3. The molecule has 0 unspecified atom stereocenters. The summed E-state index contributed by atoms with van der Waals surface area (Å²) in [5.74, 6) is -1.19. The van der Waals surface area contributed by atoms with Crippen molar-refractivity contribution in [3.8, 4) is 11.4 Å². The van der Waals surface area contributed by atoms with E-state index < -0.39 is 17.9 Å². The lowest BCUT2D eigenvalue weighted by Crippen LogP contribution is -2.65. The van der Waals surface area contributed by atoms with Gasteiger partial charge in [-0.05, 0) is 37.5 Å². The quantitative estimate of drug-likeness (QED) is 0.386. The average Bonchev–Trinajstić information content (AvgIpc) is 2.98. The number of nitrogens with one attached hydrogen (secondary N) is 1. The second kappa shape index (κ2) is 13.9. The van der Waals surface area contributed by atoms with E-state index in [1.807, 2.05) is 37.8 Å². The summed E-state index contributed by atoms with van der Waals surface area (Å²) in [6.45, 7) is 8.54. The van der Waals surface area contributed by atoms with Gasteiger partial charge in [0.2, 0.25) is 11.8 Å². The highest BCUT2D eigenvalue weighted by Gasteiger charge is 2.42. The molecule has 9 nitrogen and oxygen atoms in total. The van der Waals surface area contributed by atoms with Crippen LogP contribution in [0.5, 0.6) is 0 Å². The van der Waals surface area contributed by atoms with Crippen molar-refractivity contribution >= 4 is 11.8 Å². The van der Waals surface area contributed by atoms with Crippen LogP contribution in [0.2, 0.25) is 0 Å². The van der Waals surface area contributed by atoms with Gasteiger partial charge in [0.25, 0.3) is 0 Å². The summed E-state index contributed by atoms with van der Waals surface area (Å²) >= 11 is 0. The molecular formula is C31H38F2N6O3. The molecule has 4 rings (SSSR count). The van der Waals surface area contributed by atoms with E-state index in [-0.39, 0.29) is 42.7 Å². The van der Waals surface area contributed by atoms with Crippen LogP contribution in [-0.2, 0) is 20.9 Å². The van der Waals surface area contributed by atoms with Crippen LogP contribution in [0.25, 0.3) is 11.4 Å². The molecule has 3 aromatic rings. The fourth-order valence-electron chi connectivity index (χ4n) is 5.31. The number of nitrogens with zero attached hydrogens (tertiary/aromatic N) is 5. The number of aromatic nitrogens is 3. The second-order valence-corrected chi connectivity index (χ2v) is 11.0. The van der Waals surface area contributed by atoms with Crippen molar-refractivity contribution in [3.05, 3.63) is 77.4 Å². The highest BCUT2D eigenvalue weighted by Crippen LogP contribution is 2.31. The first-order valence-electron chi connectivity index (χ1n) is 14.1. The van der Waals surface area contributed by atoms with Gasteiger partial charge < -0.3 is 15.0 Å². The number of benzene rings is 1. The number of ether oxygens (including phenoxy) is 1. The number of pyridine rings is 1. The van der Waals surface area contributed by atoms with Gasteiger partial charge in [-0.1, -0.05) is 38.1 Å². The van der Waals surface area contributed by atoms with Gasteiger partial charge in [0.15, 0.2) is 11.6 Å². The molecule has 1 N–H and O–H groups in total. The molecule has 1 saturated heterocycles.